The zero-order chi connectivity index (χ0) is 28.6. The zero-order valence-electron chi connectivity index (χ0n) is 22.1. The van der Waals surface area contributed by atoms with Crippen molar-refractivity contribution in [3.63, 3.8) is 0 Å². The number of fused-ring (bicyclic) bond motifs is 2. The predicted molar refractivity (Wildman–Crippen MR) is 155 cm³/mol. The van der Waals surface area contributed by atoms with E-state index >= 15 is 0 Å². The van der Waals surface area contributed by atoms with E-state index in [1.165, 1.54) is 22.5 Å². The van der Waals surface area contributed by atoms with Gasteiger partial charge in [0.2, 0.25) is 10.0 Å². The summed E-state index contributed by atoms with van der Waals surface area (Å²) in [5.74, 6) is -1.57. The number of hydrogen-bond donors (Lipinski definition) is 1. The maximum absolute atomic E-state index is 13.7. The van der Waals surface area contributed by atoms with Crippen molar-refractivity contribution in [1.82, 2.24) is 14.2 Å². The molecule has 10 nitrogen and oxygen atoms in total. The van der Waals surface area contributed by atoms with Crippen molar-refractivity contribution in [2.75, 3.05) is 44.2 Å². The monoisotopic (exact) mass is 592 g/mol. The molecule has 0 unspecified atom stereocenters. The summed E-state index contributed by atoms with van der Waals surface area (Å²) in [6, 6.07) is 19.7. The quantitative estimate of drug-likeness (QED) is 0.347. The number of carbonyl (C=O) groups excluding carboxylic acids is 1. The number of amides is 1. The Kier molecular flexibility index (Phi) is 7.37. The lowest BCUT2D eigenvalue weighted by molar-refractivity contribution is -0.139. The highest BCUT2D eigenvalue weighted by Crippen LogP contribution is 2.31. The van der Waals surface area contributed by atoms with Crippen LogP contribution in [0.25, 0.3) is 10.2 Å². The van der Waals surface area contributed by atoms with Gasteiger partial charge in [-0.2, -0.15) is 4.31 Å². The molecule has 0 radical (unpaired) electrons. The zero-order valence-corrected chi connectivity index (χ0v) is 23.7. The predicted octanol–water partition coefficient (Wildman–Crippen LogP) is 3.47. The lowest BCUT2D eigenvalue weighted by atomic mass is 10.0. The molecule has 1 amide bonds. The van der Waals surface area contributed by atoms with E-state index in [0.717, 1.165) is 26.5 Å². The Balaban J connectivity index is 1.23. The third-order valence-electron chi connectivity index (χ3n) is 7.39. The third-order valence-corrected chi connectivity index (χ3v) is 10.3. The van der Waals surface area contributed by atoms with Crippen LogP contribution in [0.5, 0.6) is 5.75 Å². The van der Waals surface area contributed by atoms with Gasteiger partial charge in [-0.05, 0) is 47.9 Å². The number of aliphatic carboxylic acids is 1. The first-order chi connectivity index (χ1) is 19.8. The smallest absolute Gasteiger partial charge is 0.341 e. The number of anilines is 1. The highest BCUT2D eigenvalue weighted by molar-refractivity contribution is 7.89. The second-order valence-electron chi connectivity index (χ2n) is 9.94. The van der Waals surface area contributed by atoms with Crippen LogP contribution in [-0.2, 0) is 27.8 Å². The van der Waals surface area contributed by atoms with Gasteiger partial charge in [-0.3, -0.25) is 4.79 Å². The molecule has 0 bridgehead atoms. The van der Waals surface area contributed by atoms with E-state index in [2.05, 4.69) is 4.90 Å². The molecule has 0 spiro atoms. The average molecular weight is 593 g/mol. The lowest BCUT2D eigenvalue weighted by Gasteiger charge is -2.35. The van der Waals surface area contributed by atoms with Gasteiger partial charge in [0.15, 0.2) is 11.7 Å². The van der Waals surface area contributed by atoms with Crippen molar-refractivity contribution in [1.29, 1.82) is 0 Å². The summed E-state index contributed by atoms with van der Waals surface area (Å²) < 4.78 is 35.2. The molecule has 212 valence electrons. The summed E-state index contributed by atoms with van der Waals surface area (Å²) in [5, 5.41) is 10.0. The van der Waals surface area contributed by atoms with Crippen molar-refractivity contribution in [3.05, 3.63) is 83.4 Å². The Labute approximate surface area is 241 Å². The molecule has 3 aromatic carbocycles. The van der Waals surface area contributed by atoms with Gasteiger partial charge in [0.1, 0.15) is 5.75 Å². The molecule has 1 fully saturated rings. The average Bonchev–Trinajstić information content (AvgIpc) is 3.44. The van der Waals surface area contributed by atoms with Gasteiger partial charge in [0, 0.05) is 39.3 Å². The Morgan fingerprint density at radius 3 is 2.41 bits per heavy atom. The highest BCUT2D eigenvalue weighted by Gasteiger charge is 2.31. The van der Waals surface area contributed by atoms with Crippen LogP contribution in [0.3, 0.4) is 0 Å². The first-order valence-corrected chi connectivity index (χ1v) is 15.5. The number of thiazole rings is 1. The van der Waals surface area contributed by atoms with Gasteiger partial charge in [-0.25, -0.2) is 18.2 Å². The molecule has 3 heterocycles. The number of hydrogen-bond acceptors (Lipinski definition) is 8. The minimum absolute atomic E-state index is 0.0261. The van der Waals surface area contributed by atoms with Crippen LogP contribution < -0.4 is 9.64 Å². The molecule has 6 rings (SSSR count). The maximum atomic E-state index is 13.7. The summed E-state index contributed by atoms with van der Waals surface area (Å²) in [4.78, 5) is 33.4. The fourth-order valence-corrected chi connectivity index (χ4v) is 7.66. The van der Waals surface area contributed by atoms with E-state index in [4.69, 9.17) is 14.8 Å². The SMILES string of the molecule is O=C(O)COc1ccc(S(=O)(=O)N2CCc3ccccc3C2)cc1C(=O)N1CCN(c2nc3ccccc3s2)CC1. The molecule has 0 atom stereocenters. The normalized spacial score (nSPS) is 16.0. The minimum atomic E-state index is -3.92. The van der Waals surface area contributed by atoms with E-state index in [9.17, 15) is 18.0 Å². The molecule has 41 heavy (non-hydrogen) atoms. The third kappa shape index (κ3) is 5.50. The molecule has 1 aromatic heterocycles. The van der Waals surface area contributed by atoms with Crippen molar-refractivity contribution < 1.29 is 27.9 Å². The highest BCUT2D eigenvalue weighted by atomic mass is 32.2. The Morgan fingerprint density at radius 1 is 0.927 bits per heavy atom. The number of carbonyl (C=O) groups is 2. The number of sulfonamides is 1. The van der Waals surface area contributed by atoms with E-state index in [-0.39, 0.29) is 22.8 Å². The number of aromatic nitrogens is 1. The van der Waals surface area contributed by atoms with E-state index in [1.54, 1.807) is 16.2 Å². The number of nitrogens with zero attached hydrogens (tertiary/aromatic N) is 4. The van der Waals surface area contributed by atoms with Crippen LogP contribution in [0, 0.1) is 0 Å². The molecular weight excluding hydrogens is 564 g/mol. The van der Waals surface area contributed by atoms with Gasteiger partial charge < -0.3 is 19.6 Å². The summed E-state index contributed by atoms with van der Waals surface area (Å²) in [7, 11) is -3.92. The Bertz CT molecular complexity index is 1700. The van der Waals surface area contributed by atoms with Crippen molar-refractivity contribution in [2.24, 2.45) is 0 Å². The van der Waals surface area contributed by atoms with Crippen LogP contribution in [0.15, 0.2) is 71.6 Å². The molecule has 1 N–H and O–H groups in total. The number of carboxylic acid groups (broad SMARTS) is 1. The first-order valence-electron chi connectivity index (χ1n) is 13.2. The number of piperazine rings is 1. The van der Waals surface area contributed by atoms with Crippen LogP contribution in [0.4, 0.5) is 5.13 Å². The van der Waals surface area contributed by atoms with Crippen LogP contribution in [0.1, 0.15) is 21.5 Å². The topological polar surface area (TPSA) is 120 Å². The lowest BCUT2D eigenvalue weighted by Crippen LogP contribution is -2.48. The summed E-state index contributed by atoms with van der Waals surface area (Å²) in [5.41, 5.74) is 3.03. The van der Waals surface area contributed by atoms with Gasteiger partial charge in [0.25, 0.3) is 5.91 Å². The Morgan fingerprint density at radius 2 is 1.66 bits per heavy atom. The van der Waals surface area contributed by atoms with Gasteiger partial charge in [-0.1, -0.05) is 47.7 Å². The number of ether oxygens (including phenoxy) is 1. The molecule has 2 aliphatic rings. The molecule has 2 aliphatic heterocycles. The van der Waals surface area contributed by atoms with E-state index in [0.29, 0.717) is 39.1 Å². The molecular formula is C29H28N4O6S2. The summed E-state index contributed by atoms with van der Waals surface area (Å²) >= 11 is 1.60. The van der Waals surface area contributed by atoms with Crippen LogP contribution in [-0.4, -0.2) is 78.9 Å². The molecule has 1 saturated heterocycles. The number of rotatable bonds is 7. The summed E-state index contributed by atoms with van der Waals surface area (Å²) in [6.07, 6.45) is 0.597. The fraction of sp³-hybridized carbons (Fsp3) is 0.276. The number of para-hydroxylation sites is 1. The second kappa shape index (κ2) is 11.1. The fourth-order valence-electron chi connectivity index (χ4n) is 5.19. The number of benzene rings is 3. The van der Waals surface area contributed by atoms with Crippen molar-refractivity contribution in [2.45, 2.75) is 17.9 Å². The minimum Gasteiger partial charge on any atom is -0.481 e. The molecule has 0 saturated carbocycles. The van der Waals surface area contributed by atoms with E-state index < -0.39 is 28.5 Å². The van der Waals surface area contributed by atoms with Gasteiger partial charge in [0.05, 0.1) is 20.7 Å². The van der Waals surface area contributed by atoms with Crippen molar-refractivity contribution >= 4 is 48.6 Å². The van der Waals surface area contributed by atoms with Crippen LogP contribution in [0.2, 0.25) is 0 Å². The second-order valence-corrected chi connectivity index (χ2v) is 12.9. The van der Waals surface area contributed by atoms with Gasteiger partial charge in [-0.15, -0.1) is 0 Å². The van der Waals surface area contributed by atoms with Crippen LogP contribution >= 0.6 is 11.3 Å². The maximum Gasteiger partial charge on any atom is 0.341 e. The Hall–Kier alpha value is -4.00. The molecule has 4 aromatic rings. The van der Waals surface area contributed by atoms with E-state index in [1.807, 2.05) is 48.5 Å². The van der Waals surface area contributed by atoms with Crippen molar-refractivity contribution in [3.8, 4) is 5.75 Å². The molecule has 12 heteroatoms. The number of carboxylic acids is 1. The van der Waals surface area contributed by atoms with Gasteiger partial charge >= 0.3 is 5.97 Å². The largest absolute Gasteiger partial charge is 0.481 e. The molecule has 0 aliphatic carbocycles. The first kappa shape index (κ1) is 27.2. The standard InChI is InChI=1S/C29H28N4O6S2/c34-27(35)19-39-25-10-9-22(41(37,38)33-12-11-20-5-1-2-6-21(20)18-33)17-23(25)28(36)31-13-15-32(16-14-31)29-30-24-7-3-4-8-26(24)40-29/h1-10,17H,11-16,18-19H2,(H,34,35). The summed E-state index contributed by atoms with van der Waals surface area (Å²) in [6.45, 7) is 1.82.